The molecule has 7 nitrogen and oxygen atoms in total. The number of allylic oxidation sites excluding steroid dienone is 2. The van der Waals surface area contributed by atoms with E-state index in [0.717, 1.165) is 11.8 Å². The van der Waals surface area contributed by atoms with Gasteiger partial charge in [-0.25, -0.2) is 4.79 Å². The number of ether oxygens (including phenoxy) is 2. The first kappa shape index (κ1) is 22.7. The summed E-state index contributed by atoms with van der Waals surface area (Å²) >= 11 is 0.978. The third-order valence-electron chi connectivity index (χ3n) is 4.48. The van der Waals surface area contributed by atoms with Gasteiger partial charge in [0.25, 0.3) is 0 Å². The fourth-order valence-corrected chi connectivity index (χ4v) is 3.99. The molecule has 29 heavy (non-hydrogen) atoms. The molecule has 8 heteroatoms. The topological polar surface area (TPSA) is 98.8 Å². The maximum atomic E-state index is 13.0. The van der Waals surface area contributed by atoms with E-state index in [1.807, 2.05) is 13.8 Å². The number of thioether (sulfide) groups is 1. The number of methoxy groups -OCH3 is 2. The van der Waals surface area contributed by atoms with Crippen LogP contribution in [0.25, 0.3) is 0 Å². The van der Waals surface area contributed by atoms with E-state index in [-0.39, 0.29) is 33.7 Å². The van der Waals surface area contributed by atoms with Crippen LogP contribution in [0.3, 0.4) is 0 Å². The molecule has 1 aromatic rings. The Morgan fingerprint density at radius 1 is 1.14 bits per heavy atom. The minimum absolute atomic E-state index is 0.109. The van der Waals surface area contributed by atoms with Gasteiger partial charge in [-0.15, -0.1) is 11.8 Å². The molecule has 0 heterocycles. The van der Waals surface area contributed by atoms with Gasteiger partial charge in [-0.1, -0.05) is 26.0 Å². The molecule has 1 N–H and O–H groups in total. The van der Waals surface area contributed by atoms with Crippen LogP contribution in [0.4, 0.5) is 0 Å². The number of esters is 1. The number of fused-ring (bicyclic) bond motifs is 1. The highest BCUT2D eigenvalue weighted by Crippen LogP contribution is 2.36. The maximum Gasteiger partial charge on any atom is 0.328 e. The van der Waals surface area contributed by atoms with E-state index in [4.69, 9.17) is 9.47 Å². The summed E-state index contributed by atoms with van der Waals surface area (Å²) in [6, 6.07) is 4.10. The molecular formula is C21H25NO6S. The fourth-order valence-electron chi connectivity index (χ4n) is 3.09. The van der Waals surface area contributed by atoms with Gasteiger partial charge in [0.15, 0.2) is 5.78 Å². The molecule has 0 bridgehead atoms. The molecule has 0 spiro atoms. The molecule has 1 aliphatic carbocycles. The summed E-state index contributed by atoms with van der Waals surface area (Å²) in [5.74, 6) is -1.17. The number of carbonyl (C=O) groups is 4. The van der Waals surface area contributed by atoms with Gasteiger partial charge in [0.05, 0.1) is 30.4 Å². The summed E-state index contributed by atoms with van der Waals surface area (Å²) in [6.45, 7) is 5.43. The Morgan fingerprint density at radius 2 is 1.83 bits per heavy atom. The molecular weight excluding hydrogens is 394 g/mol. The Hall–Kier alpha value is -2.61. The van der Waals surface area contributed by atoms with Gasteiger partial charge >= 0.3 is 5.97 Å². The van der Waals surface area contributed by atoms with Gasteiger partial charge in [-0.2, -0.15) is 0 Å². The molecule has 0 radical (unpaired) electrons. The summed E-state index contributed by atoms with van der Waals surface area (Å²) < 4.78 is 9.97. The lowest BCUT2D eigenvalue weighted by molar-refractivity contribution is -0.145. The predicted octanol–water partition coefficient (Wildman–Crippen LogP) is 2.79. The van der Waals surface area contributed by atoms with E-state index in [9.17, 15) is 19.2 Å². The standard InChI is InChI=1S/C21H25NO6S/c1-11(2)9-14(21(26)28-5)22-16(23)10-29-20-12(3)18(24)13-7-6-8-15(27-4)17(13)19(20)25/h6-8,11,14H,9-10H2,1-5H3,(H,22,23)/t14-/m0/s1. The second-order valence-corrected chi connectivity index (χ2v) is 8.04. The molecule has 0 aromatic heterocycles. The van der Waals surface area contributed by atoms with Crippen molar-refractivity contribution < 1.29 is 28.7 Å². The molecule has 1 aliphatic rings. The number of Topliss-reactive ketones (excluding diaryl/α,β-unsaturated/α-hetero) is 2. The lowest BCUT2D eigenvalue weighted by Crippen LogP contribution is -2.43. The molecule has 0 saturated heterocycles. The molecule has 1 aromatic carbocycles. The summed E-state index contributed by atoms with van der Waals surface area (Å²) in [6.07, 6.45) is 0.437. The minimum atomic E-state index is -0.757. The lowest BCUT2D eigenvalue weighted by Gasteiger charge is -2.21. The van der Waals surface area contributed by atoms with Crippen molar-refractivity contribution in [2.24, 2.45) is 5.92 Å². The molecule has 0 aliphatic heterocycles. The molecule has 1 amide bonds. The SMILES string of the molecule is COC(=O)[C@H](CC(C)C)NC(=O)CSC1=C(C)C(=O)c2cccc(OC)c2C1=O. The number of carbonyl (C=O) groups excluding carboxylic acids is 4. The van der Waals surface area contributed by atoms with E-state index < -0.39 is 17.9 Å². The summed E-state index contributed by atoms with van der Waals surface area (Å²) in [4.78, 5) is 50.1. The van der Waals surface area contributed by atoms with Crippen LogP contribution in [-0.2, 0) is 14.3 Å². The number of benzene rings is 1. The highest BCUT2D eigenvalue weighted by Gasteiger charge is 2.33. The molecule has 1 atom stereocenters. The maximum absolute atomic E-state index is 13.0. The van der Waals surface area contributed by atoms with Gasteiger partial charge in [-0.05, 0) is 25.3 Å². The zero-order valence-corrected chi connectivity index (χ0v) is 18.0. The summed E-state index contributed by atoms with van der Waals surface area (Å²) in [7, 11) is 2.70. The predicted molar refractivity (Wildman–Crippen MR) is 110 cm³/mol. The van der Waals surface area contributed by atoms with Crippen LogP contribution in [0.1, 0.15) is 47.9 Å². The lowest BCUT2D eigenvalue weighted by atomic mass is 9.89. The highest BCUT2D eigenvalue weighted by atomic mass is 32.2. The second kappa shape index (κ2) is 9.73. The first-order valence-electron chi connectivity index (χ1n) is 9.18. The van der Waals surface area contributed by atoms with Gasteiger partial charge in [0.2, 0.25) is 11.7 Å². The van der Waals surface area contributed by atoms with Crippen LogP contribution in [0.15, 0.2) is 28.7 Å². The van der Waals surface area contributed by atoms with E-state index in [0.29, 0.717) is 23.3 Å². The number of nitrogens with one attached hydrogen (secondary N) is 1. The van der Waals surface area contributed by atoms with Crippen LogP contribution < -0.4 is 10.1 Å². The molecule has 0 unspecified atom stereocenters. The summed E-state index contributed by atoms with van der Waals surface area (Å²) in [5.41, 5.74) is 0.796. The van der Waals surface area contributed by atoms with Crippen LogP contribution in [0, 0.1) is 5.92 Å². The monoisotopic (exact) mass is 419 g/mol. The minimum Gasteiger partial charge on any atom is -0.496 e. The van der Waals surface area contributed by atoms with Crippen molar-refractivity contribution in [3.63, 3.8) is 0 Å². The zero-order chi connectivity index (χ0) is 21.7. The summed E-state index contributed by atoms with van der Waals surface area (Å²) in [5, 5.41) is 2.64. The van der Waals surface area contributed by atoms with E-state index >= 15 is 0 Å². The van der Waals surface area contributed by atoms with Crippen molar-refractivity contribution in [2.75, 3.05) is 20.0 Å². The number of ketones is 2. The number of amides is 1. The third-order valence-corrected chi connectivity index (χ3v) is 5.67. The van der Waals surface area contributed by atoms with Gasteiger partial charge in [0.1, 0.15) is 11.8 Å². The molecule has 2 rings (SSSR count). The average Bonchev–Trinajstić information content (AvgIpc) is 2.69. The van der Waals surface area contributed by atoms with Gasteiger partial charge < -0.3 is 14.8 Å². The number of rotatable bonds is 8. The molecule has 0 fully saturated rings. The second-order valence-electron chi connectivity index (χ2n) is 7.06. The van der Waals surface area contributed by atoms with Crippen molar-refractivity contribution in [2.45, 2.75) is 33.2 Å². The van der Waals surface area contributed by atoms with Crippen molar-refractivity contribution in [3.8, 4) is 5.75 Å². The Bertz CT molecular complexity index is 874. The van der Waals surface area contributed by atoms with Crippen LogP contribution >= 0.6 is 11.8 Å². The van der Waals surface area contributed by atoms with Crippen LogP contribution in [0.2, 0.25) is 0 Å². The van der Waals surface area contributed by atoms with Crippen molar-refractivity contribution in [1.29, 1.82) is 0 Å². The van der Waals surface area contributed by atoms with Gasteiger partial charge in [0, 0.05) is 11.1 Å². The van der Waals surface area contributed by atoms with Crippen LogP contribution in [-0.4, -0.2) is 49.5 Å². The quantitative estimate of drug-likeness (QED) is 0.647. The van der Waals surface area contributed by atoms with Gasteiger partial charge in [-0.3, -0.25) is 14.4 Å². The number of hydrogen-bond donors (Lipinski definition) is 1. The Balaban J connectivity index is 2.16. The largest absolute Gasteiger partial charge is 0.496 e. The average molecular weight is 419 g/mol. The Morgan fingerprint density at radius 3 is 2.41 bits per heavy atom. The number of hydrogen-bond acceptors (Lipinski definition) is 7. The van der Waals surface area contributed by atoms with Crippen LogP contribution in [0.5, 0.6) is 5.75 Å². The fraction of sp³-hybridized carbons (Fsp3) is 0.429. The van der Waals surface area contributed by atoms with E-state index in [1.54, 1.807) is 25.1 Å². The molecule has 156 valence electrons. The normalized spacial score (nSPS) is 14.6. The first-order valence-corrected chi connectivity index (χ1v) is 10.2. The third kappa shape index (κ3) is 5.06. The van der Waals surface area contributed by atoms with Crippen molar-refractivity contribution in [3.05, 3.63) is 39.8 Å². The van der Waals surface area contributed by atoms with Crippen molar-refractivity contribution in [1.82, 2.24) is 5.32 Å². The smallest absolute Gasteiger partial charge is 0.328 e. The Kier molecular flexibility index (Phi) is 7.61. The van der Waals surface area contributed by atoms with Crippen molar-refractivity contribution >= 4 is 35.2 Å². The highest BCUT2D eigenvalue weighted by molar-refractivity contribution is 8.04. The van der Waals surface area contributed by atoms with E-state index in [1.165, 1.54) is 14.2 Å². The first-order chi connectivity index (χ1) is 13.7. The zero-order valence-electron chi connectivity index (χ0n) is 17.2. The molecule has 0 saturated carbocycles. The Labute approximate surface area is 174 Å². The van der Waals surface area contributed by atoms with E-state index in [2.05, 4.69) is 5.32 Å².